The van der Waals surface area contributed by atoms with Crippen LogP contribution in [0.3, 0.4) is 0 Å². The largest absolute Gasteiger partial charge is 0.494 e. The predicted molar refractivity (Wildman–Crippen MR) is 114 cm³/mol. The van der Waals surface area contributed by atoms with Crippen LogP contribution in [0, 0.1) is 17.8 Å². The molecule has 0 N–H and O–H groups in total. The summed E-state index contributed by atoms with van der Waals surface area (Å²) in [5.41, 5.74) is 0.709. The minimum absolute atomic E-state index is 0.104. The first-order chi connectivity index (χ1) is 15.1. The van der Waals surface area contributed by atoms with Crippen molar-refractivity contribution in [1.29, 1.82) is 0 Å². The lowest BCUT2D eigenvalue weighted by atomic mass is 9.82. The summed E-state index contributed by atoms with van der Waals surface area (Å²) in [6.45, 7) is 4.48. The molecule has 0 unspecified atom stereocenters. The van der Waals surface area contributed by atoms with Crippen molar-refractivity contribution >= 4 is 6.09 Å². The minimum atomic E-state index is -0.205. The summed E-state index contributed by atoms with van der Waals surface area (Å²) < 4.78 is 13.3. The van der Waals surface area contributed by atoms with Crippen molar-refractivity contribution < 1.29 is 14.3 Å². The molecule has 1 amide bonds. The monoisotopic (exact) mass is 425 g/mol. The Morgan fingerprint density at radius 3 is 2.61 bits per heavy atom. The molecule has 2 atom stereocenters. The SMILES string of the molecule is CC1(OC(=O)N2CCC([C@H]3C[C@H]3CCOc3ccc(-n4cnnn4)cc3)CC2)CCC1. The van der Waals surface area contributed by atoms with Gasteiger partial charge in [-0.05, 0) is 104 Å². The van der Waals surface area contributed by atoms with Gasteiger partial charge in [-0.15, -0.1) is 5.10 Å². The van der Waals surface area contributed by atoms with E-state index < -0.39 is 0 Å². The fraction of sp³-hybridized carbons (Fsp3) is 0.652. The Morgan fingerprint density at radius 2 is 1.97 bits per heavy atom. The molecule has 1 aromatic carbocycles. The Labute approximate surface area is 182 Å². The summed E-state index contributed by atoms with van der Waals surface area (Å²) in [5, 5.41) is 11.2. The van der Waals surface area contributed by atoms with E-state index in [-0.39, 0.29) is 11.7 Å². The zero-order valence-corrected chi connectivity index (χ0v) is 18.2. The van der Waals surface area contributed by atoms with Gasteiger partial charge in [-0.2, -0.15) is 0 Å². The summed E-state index contributed by atoms with van der Waals surface area (Å²) in [6, 6.07) is 7.83. The van der Waals surface area contributed by atoms with Gasteiger partial charge in [0.15, 0.2) is 0 Å². The quantitative estimate of drug-likeness (QED) is 0.670. The third-order valence-electron chi connectivity index (χ3n) is 7.33. The van der Waals surface area contributed by atoms with Gasteiger partial charge in [-0.3, -0.25) is 0 Å². The van der Waals surface area contributed by atoms with E-state index in [1.807, 2.05) is 29.2 Å². The highest BCUT2D eigenvalue weighted by molar-refractivity contribution is 5.68. The third-order valence-corrected chi connectivity index (χ3v) is 7.33. The smallest absolute Gasteiger partial charge is 0.410 e. The van der Waals surface area contributed by atoms with Crippen molar-refractivity contribution in [3.8, 4) is 11.4 Å². The van der Waals surface area contributed by atoms with Crippen molar-refractivity contribution in [2.75, 3.05) is 19.7 Å². The fourth-order valence-corrected chi connectivity index (χ4v) is 5.05. The third kappa shape index (κ3) is 4.67. The molecule has 2 aliphatic carbocycles. The van der Waals surface area contributed by atoms with E-state index >= 15 is 0 Å². The van der Waals surface area contributed by atoms with Gasteiger partial charge >= 0.3 is 6.09 Å². The number of nitrogens with zero attached hydrogens (tertiary/aromatic N) is 5. The maximum Gasteiger partial charge on any atom is 0.410 e. The van der Waals surface area contributed by atoms with Crippen LogP contribution in [0.2, 0.25) is 0 Å². The van der Waals surface area contributed by atoms with E-state index in [0.717, 1.165) is 81.0 Å². The number of hydrogen-bond donors (Lipinski definition) is 0. The maximum atomic E-state index is 12.4. The second-order valence-electron chi connectivity index (χ2n) is 9.54. The van der Waals surface area contributed by atoms with Crippen molar-refractivity contribution in [3.05, 3.63) is 30.6 Å². The van der Waals surface area contributed by atoms with E-state index in [1.165, 1.54) is 12.8 Å². The summed E-state index contributed by atoms with van der Waals surface area (Å²) in [5.74, 6) is 3.18. The highest BCUT2D eigenvalue weighted by Gasteiger charge is 2.44. The van der Waals surface area contributed by atoms with E-state index in [0.29, 0.717) is 0 Å². The van der Waals surface area contributed by atoms with Crippen molar-refractivity contribution in [1.82, 2.24) is 25.1 Å². The van der Waals surface area contributed by atoms with E-state index in [1.54, 1.807) is 11.0 Å². The average molecular weight is 426 g/mol. The number of hydrogen-bond acceptors (Lipinski definition) is 6. The van der Waals surface area contributed by atoms with Gasteiger partial charge in [0.1, 0.15) is 17.7 Å². The number of piperidine rings is 1. The molecule has 0 radical (unpaired) electrons. The topological polar surface area (TPSA) is 82.4 Å². The first kappa shape index (κ1) is 20.3. The van der Waals surface area contributed by atoms with Crippen molar-refractivity contribution in [2.24, 2.45) is 17.8 Å². The van der Waals surface area contributed by atoms with E-state index in [9.17, 15) is 4.79 Å². The van der Waals surface area contributed by atoms with Gasteiger partial charge in [0.2, 0.25) is 0 Å². The van der Waals surface area contributed by atoms with Gasteiger partial charge in [0.25, 0.3) is 0 Å². The van der Waals surface area contributed by atoms with Gasteiger partial charge in [0, 0.05) is 13.1 Å². The lowest BCUT2D eigenvalue weighted by molar-refractivity contribution is -0.0508. The molecule has 31 heavy (non-hydrogen) atoms. The summed E-state index contributed by atoms with van der Waals surface area (Å²) in [6.07, 6.45) is 9.26. The standard InChI is InChI=1S/C23H31N5O3/c1-23(10-2-11-23)31-22(29)27-12-7-17(8-13-27)21-15-18(21)9-14-30-20-5-3-19(4-6-20)28-16-24-25-26-28/h3-6,16-18,21H,2,7-15H2,1H3/t18-,21-/m1/s1. The molecule has 2 saturated carbocycles. The number of ether oxygens (including phenoxy) is 2. The number of rotatable bonds is 7. The molecule has 0 spiro atoms. The molecule has 8 heteroatoms. The van der Waals surface area contributed by atoms with Gasteiger partial charge in [-0.25, -0.2) is 9.48 Å². The minimum Gasteiger partial charge on any atom is -0.494 e. The second kappa shape index (κ2) is 8.48. The average Bonchev–Trinajstić information content (AvgIpc) is 3.32. The number of carbonyl (C=O) groups excluding carboxylic acids is 1. The molecule has 1 saturated heterocycles. The van der Waals surface area contributed by atoms with Crippen LogP contribution >= 0.6 is 0 Å². The summed E-state index contributed by atoms with van der Waals surface area (Å²) in [4.78, 5) is 14.3. The Bertz CT molecular complexity index is 873. The molecule has 1 aliphatic heterocycles. The fourth-order valence-electron chi connectivity index (χ4n) is 5.05. The number of benzene rings is 1. The normalized spacial score (nSPS) is 25.0. The maximum absolute atomic E-state index is 12.4. The Morgan fingerprint density at radius 1 is 1.19 bits per heavy atom. The number of aromatic nitrogens is 4. The lowest BCUT2D eigenvalue weighted by Gasteiger charge is -2.40. The number of tetrazole rings is 1. The van der Waals surface area contributed by atoms with Crippen molar-refractivity contribution in [3.63, 3.8) is 0 Å². The molecule has 5 rings (SSSR count). The Kier molecular flexibility index (Phi) is 5.54. The zero-order chi connectivity index (χ0) is 21.3. The Balaban J connectivity index is 1.00. The molecule has 3 aliphatic rings. The predicted octanol–water partition coefficient (Wildman–Crippen LogP) is 3.86. The van der Waals surface area contributed by atoms with E-state index in [2.05, 4.69) is 22.4 Å². The van der Waals surface area contributed by atoms with Gasteiger partial charge in [-0.1, -0.05) is 0 Å². The summed E-state index contributed by atoms with van der Waals surface area (Å²) in [7, 11) is 0. The van der Waals surface area contributed by atoms with Crippen molar-refractivity contribution in [2.45, 2.75) is 57.5 Å². The molecule has 3 fully saturated rings. The Hall–Kier alpha value is -2.64. The van der Waals surface area contributed by atoms with E-state index in [4.69, 9.17) is 9.47 Å². The highest BCUT2D eigenvalue weighted by atomic mass is 16.6. The van der Waals surface area contributed by atoms with Crippen LogP contribution < -0.4 is 4.74 Å². The number of likely N-dealkylation sites (tertiary alicyclic amines) is 1. The molecular weight excluding hydrogens is 394 g/mol. The van der Waals surface area contributed by atoms with Gasteiger partial charge in [0.05, 0.1) is 12.3 Å². The van der Waals surface area contributed by atoms with Gasteiger partial charge < -0.3 is 14.4 Å². The molecule has 1 aromatic heterocycles. The van der Waals surface area contributed by atoms with Crippen LogP contribution in [-0.4, -0.2) is 56.5 Å². The lowest BCUT2D eigenvalue weighted by Crippen LogP contribution is -2.46. The number of amides is 1. The van der Waals surface area contributed by atoms with Crippen LogP contribution in [0.15, 0.2) is 30.6 Å². The van der Waals surface area contributed by atoms with Crippen LogP contribution in [0.25, 0.3) is 5.69 Å². The molecule has 0 bridgehead atoms. The van der Waals surface area contributed by atoms with Crippen LogP contribution in [0.4, 0.5) is 4.79 Å². The first-order valence-electron chi connectivity index (χ1n) is 11.5. The van der Waals surface area contributed by atoms with Crippen LogP contribution in [0.1, 0.15) is 51.9 Å². The zero-order valence-electron chi connectivity index (χ0n) is 18.2. The number of carbonyl (C=O) groups is 1. The summed E-state index contributed by atoms with van der Waals surface area (Å²) >= 11 is 0. The highest BCUT2D eigenvalue weighted by Crippen LogP contribution is 2.49. The van der Waals surface area contributed by atoms with Crippen LogP contribution in [0.5, 0.6) is 5.75 Å². The molecule has 8 nitrogen and oxygen atoms in total. The molecular formula is C23H31N5O3. The molecule has 2 heterocycles. The molecule has 2 aromatic rings. The van der Waals surface area contributed by atoms with Crippen LogP contribution in [-0.2, 0) is 4.74 Å². The first-order valence-corrected chi connectivity index (χ1v) is 11.5. The molecule has 166 valence electrons. The second-order valence-corrected chi connectivity index (χ2v) is 9.54.